The lowest BCUT2D eigenvalue weighted by Crippen LogP contribution is -2.39. The van der Waals surface area contributed by atoms with E-state index in [9.17, 15) is 0 Å². The molecular formula is C16H19ClN2. The van der Waals surface area contributed by atoms with Gasteiger partial charge in [-0.2, -0.15) is 0 Å². The molecule has 0 saturated carbocycles. The van der Waals surface area contributed by atoms with E-state index < -0.39 is 0 Å². The van der Waals surface area contributed by atoms with Crippen LogP contribution in [0.15, 0.2) is 48.8 Å². The molecule has 0 amide bonds. The van der Waals surface area contributed by atoms with Crippen LogP contribution >= 0.6 is 11.6 Å². The number of aromatic nitrogens is 1. The summed E-state index contributed by atoms with van der Waals surface area (Å²) in [7, 11) is 0. The monoisotopic (exact) mass is 274 g/mol. The van der Waals surface area contributed by atoms with E-state index >= 15 is 0 Å². The van der Waals surface area contributed by atoms with Crippen molar-refractivity contribution in [1.29, 1.82) is 0 Å². The van der Waals surface area contributed by atoms with Crippen molar-refractivity contribution >= 4 is 11.6 Å². The van der Waals surface area contributed by atoms with Gasteiger partial charge in [-0.15, -0.1) is 0 Å². The fourth-order valence-electron chi connectivity index (χ4n) is 2.44. The number of halogens is 1. The maximum Gasteiger partial charge on any atom is 0.0622 e. The predicted octanol–water partition coefficient (Wildman–Crippen LogP) is 3.93. The molecule has 2 nitrogen and oxygen atoms in total. The Labute approximate surface area is 119 Å². The first-order valence-corrected chi connectivity index (χ1v) is 6.96. The van der Waals surface area contributed by atoms with E-state index in [1.165, 1.54) is 0 Å². The molecule has 1 heterocycles. The van der Waals surface area contributed by atoms with Crippen molar-refractivity contribution in [2.24, 2.45) is 5.73 Å². The zero-order valence-corrected chi connectivity index (χ0v) is 11.9. The molecule has 2 rings (SSSR count). The molecule has 0 fully saturated rings. The summed E-state index contributed by atoms with van der Waals surface area (Å²) in [5.74, 6) is 0. The second kappa shape index (κ2) is 6.18. The normalized spacial score (nSPS) is 14.1. The molecule has 2 N–H and O–H groups in total. The Hall–Kier alpha value is -1.38. The maximum atomic E-state index is 6.65. The van der Waals surface area contributed by atoms with Crippen molar-refractivity contribution in [2.45, 2.75) is 31.7 Å². The summed E-state index contributed by atoms with van der Waals surface area (Å²) in [5, 5.41) is 0.685. The molecule has 0 aliphatic carbocycles. The maximum absolute atomic E-state index is 6.65. The topological polar surface area (TPSA) is 38.9 Å². The highest BCUT2D eigenvalue weighted by atomic mass is 35.5. The van der Waals surface area contributed by atoms with Crippen LogP contribution in [0.1, 0.15) is 30.9 Å². The third-order valence-electron chi connectivity index (χ3n) is 3.41. The van der Waals surface area contributed by atoms with Gasteiger partial charge in [-0.3, -0.25) is 4.98 Å². The Morgan fingerprint density at radius 2 is 1.95 bits per heavy atom. The SMILES string of the molecule is CCCC(N)(Cc1ccncc1Cl)c1ccccc1. The molecule has 0 bridgehead atoms. The molecule has 1 atom stereocenters. The number of nitrogens with zero attached hydrogens (tertiary/aromatic N) is 1. The van der Waals surface area contributed by atoms with Gasteiger partial charge < -0.3 is 5.73 Å². The molecular weight excluding hydrogens is 256 g/mol. The minimum Gasteiger partial charge on any atom is -0.321 e. The highest BCUT2D eigenvalue weighted by molar-refractivity contribution is 6.31. The van der Waals surface area contributed by atoms with E-state index in [4.69, 9.17) is 17.3 Å². The third-order valence-corrected chi connectivity index (χ3v) is 3.75. The van der Waals surface area contributed by atoms with E-state index in [0.29, 0.717) is 5.02 Å². The number of nitrogens with two attached hydrogens (primary N) is 1. The van der Waals surface area contributed by atoms with Crippen molar-refractivity contribution in [2.75, 3.05) is 0 Å². The number of hydrogen-bond donors (Lipinski definition) is 1. The average Bonchev–Trinajstić information content (AvgIpc) is 2.43. The Balaban J connectivity index is 2.33. The van der Waals surface area contributed by atoms with Crippen molar-refractivity contribution in [3.05, 3.63) is 64.9 Å². The minimum atomic E-state index is -0.374. The first-order valence-electron chi connectivity index (χ1n) is 6.58. The first kappa shape index (κ1) is 14.0. The minimum absolute atomic E-state index is 0.374. The summed E-state index contributed by atoms with van der Waals surface area (Å²) < 4.78 is 0. The van der Waals surface area contributed by atoms with Crippen LogP contribution in [0, 0.1) is 0 Å². The summed E-state index contributed by atoms with van der Waals surface area (Å²) in [6.45, 7) is 2.15. The van der Waals surface area contributed by atoms with E-state index in [2.05, 4.69) is 24.0 Å². The van der Waals surface area contributed by atoms with Gasteiger partial charge in [-0.1, -0.05) is 55.3 Å². The van der Waals surface area contributed by atoms with Gasteiger partial charge in [-0.25, -0.2) is 0 Å². The number of hydrogen-bond acceptors (Lipinski definition) is 2. The lowest BCUT2D eigenvalue weighted by atomic mass is 9.81. The van der Waals surface area contributed by atoms with Crippen molar-refractivity contribution in [1.82, 2.24) is 4.98 Å². The lowest BCUT2D eigenvalue weighted by Gasteiger charge is -2.30. The standard InChI is InChI=1S/C16H19ClN2/c1-2-9-16(18,14-6-4-3-5-7-14)11-13-8-10-19-12-15(13)17/h3-8,10,12H,2,9,11,18H2,1H3. The van der Waals surface area contributed by atoms with Crippen LogP contribution in [0.2, 0.25) is 5.02 Å². The number of pyridine rings is 1. The first-order chi connectivity index (χ1) is 9.15. The summed E-state index contributed by atoms with van der Waals surface area (Å²) in [5.41, 5.74) is 8.49. The lowest BCUT2D eigenvalue weighted by molar-refractivity contribution is 0.400. The van der Waals surface area contributed by atoms with Crippen LogP contribution in [0.25, 0.3) is 0 Å². The molecule has 19 heavy (non-hydrogen) atoms. The van der Waals surface area contributed by atoms with Crippen LogP contribution in [-0.4, -0.2) is 4.98 Å². The molecule has 0 aliphatic heterocycles. The molecule has 3 heteroatoms. The number of benzene rings is 1. The molecule has 1 unspecified atom stereocenters. The predicted molar refractivity (Wildman–Crippen MR) is 80.2 cm³/mol. The Kier molecular flexibility index (Phi) is 4.56. The van der Waals surface area contributed by atoms with Crippen LogP contribution in [-0.2, 0) is 12.0 Å². The van der Waals surface area contributed by atoms with E-state index in [0.717, 1.165) is 30.4 Å². The van der Waals surface area contributed by atoms with Crippen molar-refractivity contribution in [3.8, 4) is 0 Å². The van der Waals surface area contributed by atoms with Crippen LogP contribution < -0.4 is 5.73 Å². The average molecular weight is 275 g/mol. The second-order valence-electron chi connectivity index (χ2n) is 4.92. The largest absolute Gasteiger partial charge is 0.321 e. The zero-order chi connectivity index (χ0) is 13.7. The van der Waals surface area contributed by atoms with Crippen LogP contribution in [0.3, 0.4) is 0 Å². The fraction of sp³-hybridized carbons (Fsp3) is 0.312. The van der Waals surface area contributed by atoms with Crippen LogP contribution in [0.5, 0.6) is 0 Å². The van der Waals surface area contributed by atoms with Gasteiger partial charge in [0.2, 0.25) is 0 Å². The van der Waals surface area contributed by atoms with Crippen LogP contribution in [0.4, 0.5) is 0 Å². The van der Waals surface area contributed by atoms with Gasteiger partial charge in [0.15, 0.2) is 0 Å². The van der Waals surface area contributed by atoms with E-state index in [1.54, 1.807) is 12.4 Å². The Bertz CT molecular complexity index is 527. The molecule has 1 aromatic carbocycles. The quantitative estimate of drug-likeness (QED) is 0.897. The molecule has 0 radical (unpaired) electrons. The third kappa shape index (κ3) is 3.34. The summed E-state index contributed by atoms with van der Waals surface area (Å²) in [4.78, 5) is 4.02. The highest BCUT2D eigenvalue weighted by Gasteiger charge is 2.27. The van der Waals surface area contributed by atoms with Gasteiger partial charge in [0.05, 0.1) is 5.02 Å². The molecule has 0 aliphatic rings. The van der Waals surface area contributed by atoms with Crippen molar-refractivity contribution < 1.29 is 0 Å². The summed E-state index contributed by atoms with van der Waals surface area (Å²) in [6, 6.07) is 12.2. The fourth-order valence-corrected chi connectivity index (χ4v) is 2.62. The molecule has 2 aromatic rings. The van der Waals surface area contributed by atoms with Gasteiger partial charge in [-0.05, 0) is 30.0 Å². The smallest absolute Gasteiger partial charge is 0.0622 e. The van der Waals surface area contributed by atoms with Gasteiger partial charge in [0.25, 0.3) is 0 Å². The van der Waals surface area contributed by atoms with Gasteiger partial charge in [0, 0.05) is 17.9 Å². The molecule has 100 valence electrons. The molecule has 0 spiro atoms. The zero-order valence-electron chi connectivity index (χ0n) is 11.1. The van der Waals surface area contributed by atoms with Gasteiger partial charge >= 0.3 is 0 Å². The van der Waals surface area contributed by atoms with E-state index in [-0.39, 0.29) is 5.54 Å². The van der Waals surface area contributed by atoms with Gasteiger partial charge in [0.1, 0.15) is 0 Å². The number of rotatable bonds is 5. The Morgan fingerprint density at radius 1 is 1.21 bits per heavy atom. The molecule has 1 aromatic heterocycles. The summed E-state index contributed by atoms with van der Waals surface area (Å²) in [6.07, 6.45) is 6.13. The van der Waals surface area contributed by atoms with Crippen molar-refractivity contribution in [3.63, 3.8) is 0 Å². The molecule has 0 saturated heterocycles. The summed E-state index contributed by atoms with van der Waals surface area (Å²) >= 11 is 6.20. The highest BCUT2D eigenvalue weighted by Crippen LogP contribution is 2.30. The Morgan fingerprint density at radius 3 is 2.58 bits per heavy atom. The van der Waals surface area contributed by atoms with E-state index in [1.807, 2.05) is 24.3 Å². The second-order valence-corrected chi connectivity index (χ2v) is 5.32.